The van der Waals surface area contributed by atoms with Crippen molar-refractivity contribution in [3.63, 3.8) is 0 Å². The van der Waals surface area contributed by atoms with Crippen molar-refractivity contribution in [2.45, 2.75) is 0 Å². The average Bonchev–Trinajstić information content (AvgIpc) is 2.56. The van der Waals surface area contributed by atoms with Crippen molar-refractivity contribution in [3.05, 3.63) is 65.3 Å². The molecule has 110 valence electrons. The highest BCUT2D eigenvalue weighted by molar-refractivity contribution is 6.34. The first-order valence-corrected chi connectivity index (χ1v) is 7.06. The highest BCUT2D eigenvalue weighted by Gasteiger charge is 2.11. The lowest BCUT2D eigenvalue weighted by molar-refractivity contribution is 0.102. The first-order chi connectivity index (χ1) is 10.7. The Bertz CT molecular complexity index is 849. The summed E-state index contributed by atoms with van der Waals surface area (Å²) in [6.07, 6.45) is 0. The number of ether oxygens (including phenoxy) is 1. The summed E-state index contributed by atoms with van der Waals surface area (Å²) in [5.74, 6) is 0.298. The number of fused-ring (bicyclic) bond motifs is 1. The fraction of sp³-hybridized carbons (Fsp3) is 0.0588. The molecule has 5 heteroatoms. The van der Waals surface area contributed by atoms with Crippen molar-refractivity contribution in [2.75, 3.05) is 12.4 Å². The van der Waals surface area contributed by atoms with E-state index >= 15 is 0 Å². The Balaban J connectivity index is 1.90. The first-order valence-electron chi connectivity index (χ1n) is 6.68. The van der Waals surface area contributed by atoms with Gasteiger partial charge in [-0.3, -0.25) is 4.79 Å². The van der Waals surface area contributed by atoms with E-state index in [1.165, 1.54) is 0 Å². The molecule has 0 aliphatic heterocycles. The van der Waals surface area contributed by atoms with Crippen LogP contribution in [0.1, 0.15) is 10.5 Å². The molecular weight excluding hydrogens is 300 g/mol. The number of benzene rings is 2. The van der Waals surface area contributed by atoms with Crippen molar-refractivity contribution in [2.24, 2.45) is 0 Å². The van der Waals surface area contributed by atoms with Crippen molar-refractivity contribution in [1.29, 1.82) is 0 Å². The van der Waals surface area contributed by atoms with Gasteiger partial charge in [0.05, 0.1) is 23.3 Å². The molecule has 0 radical (unpaired) electrons. The van der Waals surface area contributed by atoms with Gasteiger partial charge in [0.15, 0.2) is 0 Å². The van der Waals surface area contributed by atoms with Crippen LogP contribution in [0.5, 0.6) is 5.75 Å². The molecule has 1 N–H and O–H groups in total. The second kappa shape index (κ2) is 6.03. The molecule has 3 aromatic rings. The lowest BCUT2D eigenvalue weighted by Gasteiger charge is -2.09. The fourth-order valence-corrected chi connectivity index (χ4v) is 2.27. The number of carbonyl (C=O) groups is 1. The van der Waals surface area contributed by atoms with Crippen LogP contribution in [0.3, 0.4) is 0 Å². The summed E-state index contributed by atoms with van der Waals surface area (Å²) < 4.78 is 5.13. The van der Waals surface area contributed by atoms with Gasteiger partial charge in [-0.1, -0.05) is 35.9 Å². The second-order valence-electron chi connectivity index (χ2n) is 4.69. The van der Waals surface area contributed by atoms with E-state index in [0.717, 1.165) is 10.9 Å². The Morgan fingerprint density at radius 2 is 1.95 bits per heavy atom. The minimum Gasteiger partial charge on any atom is -0.497 e. The van der Waals surface area contributed by atoms with E-state index in [0.29, 0.717) is 22.2 Å². The van der Waals surface area contributed by atoms with Crippen LogP contribution < -0.4 is 10.1 Å². The zero-order valence-corrected chi connectivity index (χ0v) is 12.6. The molecule has 0 saturated carbocycles. The van der Waals surface area contributed by atoms with E-state index in [4.69, 9.17) is 16.3 Å². The molecule has 0 atom stereocenters. The van der Waals surface area contributed by atoms with E-state index in [2.05, 4.69) is 10.3 Å². The van der Waals surface area contributed by atoms with Gasteiger partial charge in [0.25, 0.3) is 5.91 Å². The third-order valence-corrected chi connectivity index (χ3v) is 3.58. The smallest absolute Gasteiger partial charge is 0.274 e. The van der Waals surface area contributed by atoms with Crippen LogP contribution in [0.2, 0.25) is 5.02 Å². The number of halogens is 1. The summed E-state index contributed by atoms with van der Waals surface area (Å²) >= 11 is 6.09. The van der Waals surface area contributed by atoms with Gasteiger partial charge >= 0.3 is 0 Å². The maximum absolute atomic E-state index is 12.3. The lowest BCUT2D eigenvalue weighted by atomic mass is 10.2. The van der Waals surface area contributed by atoms with Gasteiger partial charge in [0.1, 0.15) is 11.4 Å². The molecule has 1 aromatic heterocycles. The quantitative estimate of drug-likeness (QED) is 0.790. The van der Waals surface area contributed by atoms with Crippen LogP contribution in [-0.2, 0) is 0 Å². The number of hydrogen-bond acceptors (Lipinski definition) is 3. The van der Waals surface area contributed by atoms with E-state index in [9.17, 15) is 4.79 Å². The van der Waals surface area contributed by atoms with Gasteiger partial charge in [-0.05, 0) is 24.3 Å². The Morgan fingerprint density at radius 3 is 2.77 bits per heavy atom. The van der Waals surface area contributed by atoms with Gasteiger partial charge in [0.2, 0.25) is 0 Å². The monoisotopic (exact) mass is 312 g/mol. The SMILES string of the molecule is COc1ccc(Cl)c(NC(=O)c2ccc3ccccc3n2)c1. The van der Waals surface area contributed by atoms with Crippen LogP contribution in [0.15, 0.2) is 54.6 Å². The number of aromatic nitrogens is 1. The fourth-order valence-electron chi connectivity index (χ4n) is 2.11. The van der Waals surface area contributed by atoms with Gasteiger partial charge in [-0.2, -0.15) is 0 Å². The minimum atomic E-state index is -0.319. The number of nitrogens with zero attached hydrogens (tertiary/aromatic N) is 1. The molecular formula is C17H13ClN2O2. The number of hydrogen-bond donors (Lipinski definition) is 1. The van der Waals surface area contributed by atoms with Crippen molar-refractivity contribution >= 4 is 34.1 Å². The van der Waals surface area contributed by atoms with Gasteiger partial charge in [-0.15, -0.1) is 0 Å². The third kappa shape index (κ3) is 2.87. The van der Waals surface area contributed by atoms with Crippen LogP contribution >= 0.6 is 11.6 Å². The normalized spacial score (nSPS) is 10.5. The standard InChI is InChI=1S/C17H13ClN2O2/c1-22-12-7-8-13(18)16(10-12)20-17(21)15-9-6-11-4-2-3-5-14(11)19-15/h2-10H,1H3,(H,20,21). The number of anilines is 1. The number of carbonyl (C=O) groups excluding carboxylic acids is 1. The Labute approximate surface area is 132 Å². The molecule has 2 aromatic carbocycles. The third-order valence-electron chi connectivity index (χ3n) is 3.25. The van der Waals surface area contributed by atoms with Crippen LogP contribution in [0.25, 0.3) is 10.9 Å². The van der Waals surface area contributed by atoms with Crippen LogP contribution in [0.4, 0.5) is 5.69 Å². The molecule has 0 bridgehead atoms. The number of methoxy groups -OCH3 is 1. The van der Waals surface area contributed by atoms with E-state index in [1.54, 1.807) is 31.4 Å². The van der Waals surface area contributed by atoms with Gasteiger partial charge in [-0.25, -0.2) is 4.98 Å². The zero-order valence-electron chi connectivity index (χ0n) is 11.8. The van der Waals surface area contributed by atoms with Crippen molar-refractivity contribution in [3.8, 4) is 5.75 Å². The first kappa shape index (κ1) is 14.4. The Kier molecular flexibility index (Phi) is 3.94. The average molecular weight is 313 g/mol. The van der Waals surface area contributed by atoms with E-state index in [-0.39, 0.29) is 5.91 Å². The summed E-state index contributed by atoms with van der Waals surface area (Å²) in [6.45, 7) is 0. The summed E-state index contributed by atoms with van der Waals surface area (Å²) in [7, 11) is 1.56. The maximum Gasteiger partial charge on any atom is 0.274 e. The molecule has 1 amide bonds. The molecule has 0 aliphatic rings. The molecule has 0 unspecified atom stereocenters. The Hall–Kier alpha value is -2.59. The molecule has 0 saturated heterocycles. The molecule has 0 fully saturated rings. The van der Waals surface area contributed by atoms with Crippen LogP contribution in [-0.4, -0.2) is 18.0 Å². The number of nitrogens with one attached hydrogen (secondary N) is 1. The number of para-hydroxylation sites is 1. The zero-order chi connectivity index (χ0) is 15.5. The summed E-state index contributed by atoms with van der Waals surface area (Å²) in [6, 6.07) is 16.2. The van der Waals surface area contributed by atoms with Crippen molar-refractivity contribution < 1.29 is 9.53 Å². The summed E-state index contributed by atoms with van der Waals surface area (Å²) in [5, 5.41) is 4.18. The van der Waals surface area contributed by atoms with E-state index in [1.807, 2.05) is 30.3 Å². The molecule has 4 nitrogen and oxygen atoms in total. The minimum absolute atomic E-state index is 0.319. The molecule has 0 spiro atoms. The predicted octanol–water partition coefficient (Wildman–Crippen LogP) is 4.15. The lowest BCUT2D eigenvalue weighted by Crippen LogP contribution is -2.14. The highest BCUT2D eigenvalue weighted by Crippen LogP contribution is 2.27. The van der Waals surface area contributed by atoms with Crippen molar-refractivity contribution in [1.82, 2.24) is 4.98 Å². The summed E-state index contributed by atoms with van der Waals surface area (Å²) in [4.78, 5) is 16.7. The number of rotatable bonds is 3. The predicted molar refractivity (Wildman–Crippen MR) is 87.7 cm³/mol. The summed E-state index contributed by atoms with van der Waals surface area (Å²) in [5.41, 5.74) is 1.59. The van der Waals surface area contributed by atoms with Crippen LogP contribution in [0, 0.1) is 0 Å². The molecule has 22 heavy (non-hydrogen) atoms. The highest BCUT2D eigenvalue weighted by atomic mass is 35.5. The number of pyridine rings is 1. The molecule has 1 heterocycles. The number of amides is 1. The second-order valence-corrected chi connectivity index (χ2v) is 5.10. The Morgan fingerprint density at radius 1 is 1.14 bits per heavy atom. The molecule has 3 rings (SSSR count). The molecule has 0 aliphatic carbocycles. The maximum atomic E-state index is 12.3. The van der Waals surface area contributed by atoms with E-state index < -0.39 is 0 Å². The van der Waals surface area contributed by atoms with Gasteiger partial charge in [0, 0.05) is 11.5 Å². The topological polar surface area (TPSA) is 51.2 Å². The largest absolute Gasteiger partial charge is 0.497 e. The van der Waals surface area contributed by atoms with Gasteiger partial charge < -0.3 is 10.1 Å².